The van der Waals surface area contributed by atoms with E-state index in [4.69, 9.17) is 5.11 Å². The third-order valence-electron chi connectivity index (χ3n) is 3.34. The highest BCUT2D eigenvalue weighted by molar-refractivity contribution is 5.72. The lowest BCUT2D eigenvalue weighted by Gasteiger charge is -2.06. The molecule has 0 unspecified atom stereocenters. The van der Waals surface area contributed by atoms with Crippen LogP contribution in [0.1, 0.15) is 25.0 Å². The SMILES string of the molecule is CC.Cc1cccc(O)c1.Cc1ccccc1-c1ccccc1O. The average molecular weight is 322 g/mol. The van der Waals surface area contributed by atoms with Crippen molar-refractivity contribution in [3.63, 3.8) is 0 Å². The summed E-state index contributed by atoms with van der Waals surface area (Å²) in [6, 6.07) is 22.6. The normalized spacial score (nSPS) is 9.17. The van der Waals surface area contributed by atoms with Gasteiger partial charge < -0.3 is 10.2 Å². The number of phenolic OH excluding ortho intramolecular Hbond substituents is 2. The first-order chi connectivity index (χ1) is 11.6. The van der Waals surface area contributed by atoms with Crippen LogP contribution in [0.4, 0.5) is 0 Å². The van der Waals surface area contributed by atoms with Crippen molar-refractivity contribution in [3.05, 3.63) is 83.9 Å². The Balaban J connectivity index is 0.000000245. The van der Waals surface area contributed by atoms with E-state index in [0.29, 0.717) is 11.5 Å². The van der Waals surface area contributed by atoms with Crippen LogP contribution < -0.4 is 0 Å². The van der Waals surface area contributed by atoms with Crippen LogP contribution >= 0.6 is 0 Å². The molecule has 0 aliphatic heterocycles. The number of phenols is 2. The van der Waals surface area contributed by atoms with E-state index in [2.05, 4.69) is 0 Å². The molecule has 0 fully saturated rings. The van der Waals surface area contributed by atoms with E-state index in [1.165, 1.54) is 5.56 Å². The minimum absolute atomic E-state index is 0.335. The lowest BCUT2D eigenvalue weighted by atomic mass is 10.0. The van der Waals surface area contributed by atoms with Crippen LogP contribution in [0.2, 0.25) is 0 Å². The number of rotatable bonds is 1. The van der Waals surface area contributed by atoms with E-state index >= 15 is 0 Å². The fourth-order valence-corrected chi connectivity index (χ4v) is 2.20. The maximum atomic E-state index is 9.69. The number of para-hydroxylation sites is 1. The molecule has 3 aromatic rings. The van der Waals surface area contributed by atoms with Crippen LogP contribution in [0.5, 0.6) is 11.5 Å². The van der Waals surface area contributed by atoms with Crippen molar-refractivity contribution in [1.82, 2.24) is 0 Å². The summed E-state index contributed by atoms with van der Waals surface area (Å²) in [6.07, 6.45) is 0. The summed E-state index contributed by atoms with van der Waals surface area (Å²) in [4.78, 5) is 0. The van der Waals surface area contributed by atoms with Gasteiger partial charge in [0.25, 0.3) is 0 Å². The summed E-state index contributed by atoms with van der Waals surface area (Å²) >= 11 is 0. The summed E-state index contributed by atoms with van der Waals surface area (Å²) in [7, 11) is 0. The van der Waals surface area contributed by atoms with Crippen molar-refractivity contribution in [1.29, 1.82) is 0 Å². The summed E-state index contributed by atoms with van der Waals surface area (Å²) in [5.74, 6) is 0.673. The lowest BCUT2D eigenvalue weighted by molar-refractivity contribution is 0.475. The summed E-state index contributed by atoms with van der Waals surface area (Å²) < 4.78 is 0. The van der Waals surface area contributed by atoms with Crippen molar-refractivity contribution in [2.24, 2.45) is 0 Å². The summed E-state index contributed by atoms with van der Waals surface area (Å²) in [5, 5.41) is 18.5. The second-order valence-electron chi connectivity index (χ2n) is 5.17. The molecule has 2 N–H and O–H groups in total. The molecule has 0 radical (unpaired) electrons. The molecular formula is C22H26O2. The van der Waals surface area contributed by atoms with Crippen molar-refractivity contribution in [3.8, 4) is 22.6 Å². The molecule has 126 valence electrons. The van der Waals surface area contributed by atoms with Crippen molar-refractivity contribution >= 4 is 0 Å². The minimum atomic E-state index is 0.335. The van der Waals surface area contributed by atoms with Gasteiger partial charge in [-0.3, -0.25) is 0 Å². The van der Waals surface area contributed by atoms with E-state index < -0.39 is 0 Å². The Morgan fingerprint density at radius 3 is 1.71 bits per heavy atom. The van der Waals surface area contributed by atoms with Crippen LogP contribution in [0.25, 0.3) is 11.1 Å². The number of benzene rings is 3. The Hall–Kier alpha value is -2.74. The molecule has 3 rings (SSSR count). The zero-order chi connectivity index (χ0) is 17.9. The fraction of sp³-hybridized carbons (Fsp3) is 0.182. The smallest absolute Gasteiger partial charge is 0.123 e. The first kappa shape index (κ1) is 19.3. The Morgan fingerprint density at radius 1 is 0.625 bits per heavy atom. The maximum Gasteiger partial charge on any atom is 0.123 e. The molecule has 0 saturated carbocycles. The molecule has 0 spiro atoms. The molecule has 0 aliphatic carbocycles. The molecule has 0 aromatic heterocycles. The molecule has 0 bridgehead atoms. The van der Waals surface area contributed by atoms with Gasteiger partial charge >= 0.3 is 0 Å². The van der Waals surface area contributed by atoms with Crippen LogP contribution in [0.15, 0.2) is 72.8 Å². The highest BCUT2D eigenvalue weighted by atomic mass is 16.3. The molecule has 24 heavy (non-hydrogen) atoms. The summed E-state index contributed by atoms with van der Waals surface area (Å²) in [5.41, 5.74) is 4.25. The molecule has 0 saturated heterocycles. The van der Waals surface area contributed by atoms with Crippen molar-refractivity contribution in [2.75, 3.05) is 0 Å². The molecule has 0 atom stereocenters. The van der Waals surface area contributed by atoms with E-state index in [-0.39, 0.29) is 0 Å². The molecule has 2 nitrogen and oxygen atoms in total. The highest BCUT2D eigenvalue weighted by Gasteiger charge is 2.04. The summed E-state index contributed by atoms with van der Waals surface area (Å²) in [6.45, 7) is 7.99. The van der Waals surface area contributed by atoms with Crippen LogP contribution in [-0.2, 0) is 0 Å². The Morgan fingerprint density at radius 2 is 1.21 bits per heavy atom. The second-order valence-corrected chi connectivity index (χ2v) is 5.17. The predicted molar refractivity (Wildman–Crippen MR) is 102 cm³/mol. The zero-order valence-electron chi connectivity index (χ0n) is 14.8. The van der Waals surface area contributed by atoms with Gasteiger partial charge in [0.1, 0.15) is 11.5 Å². The Bertz CT molecular complexity index is 687. The minimum Gasteiger partial charge on any atom is -0.508 e. The van der Waals surface area contributed by atoms with E-state index in [9.17, 15) is 5.11 Å². The number of hydrogen-bond acceptors (Lipinski definition) is 2. The maximum absolute atomic E-state index is 9.69. The van der Waals surface area contributed by atoms with E-state index in [1.54, 1.807) is 18.2 Å². The molecule has 0 aliphatic rings. The van der Waals surface area contributed by atoms with Gasteiger partial charge in [-0.05, 0) is 48.7 Å². The van der Waals surface area contributed by atoms with Gasteiger partial charge in [-0.2, -0.15) is 0 Å². The Labute approximate surface area is 145 Å². The topological polar surface area (TPSA) is 40.5 Å². The molecule has 2 heteroatoms. The monoisotopic (exact) mass is 322 g/mol. The molecular weight excluding hydrogens is 296 g/mol. The van der Waals surface area contributed by atoms with Gasteiger partial charge in [-0.1, -0.05) is 68.4 Å². The van der Waals surface area contributed by atoms with Gasteiger partial charge in [0, 0.05) is 5.56 Å². The standard InChI is InChI=1S/C13H12O.C7H8O.C2H6/c1-10-6-2-3-7-11(10)12-8-4-5-9-13(12)14;1-6-3-2-4-7(8)5-6;1-2/h2-9,14H,1H3;2-5,8H,1H3;1-2H3. The van der Waals surface area contributed by atoms with Gasteiger partial charge in [-0.25, -0.2) is 0 Å². The third-order valence-corrected chi connectivity index (χ3v) is 3.34. The first-order valence-corrected chi connectivity index (χ1v) is 8.17. The van der Waals surface area contributed by atoms with Crippen LogP contribution in [-0.4, -0.2) is 10.2 Å². The van der Waals surface area contributed by atoms with Crippen LogP contribution in [0, 0.1) is 13.8 Å². The van der Waals surface area contributed by atoms with Crippen molar-refractivity contribution < 1.29 is 10.2 Å². The third kappa shape index (κ3) is 5.81. The Kier molecular flexibility index (Phi) is 8.14. The number of hydrogen-bond donors (Lipinski definition) is 2. The average Bonchev–Trinajstić information content (AvgIpc) is 2.58. The van der Waals surface area contributed by atoms with E-state index in [1.807, 2.05) is 82.3 Å². The van der Waals surface area contributed by atoms with Crippen molar-refractivity contribution in [2.45, 2.75) is 27.7 Å². The molecule has 0 amide bonds. The second kappa shape index (κ2) is 10.1. The molecule has 0 heterocycles. The lowest BCUT2D eigenvalue weighted by Crippen LogP contribution is -1.82. The number of aryl methyl sites for hydroxylation is 2. The van der Waals surface area contributed by atoms with Gasteiger partial charge in [-0.15, -0.1) is 0 Å². The number of aromatic hydroxyl groups is 2. The fourth-order valence-electron chi connectivity index (χ4n) is 2.20. The predicted octanol–water partition coefficient (Wildman–Crippen LogP) is 6.09. The zero-order valence-corrected chi connectivity index (χ0v) is 14.8. The first-order valence-electron chi connectivity index (χ1n) is 8.17. The quantitative estimate of drug-likeness (QED) is 0.568. The molecule has 3 aromatic carbocycles. The van der Waals surface area contributed by atoms with Gasteiger partial charge in [0.05, 0.1) is 0 Å². The van der Waals surface area contributed by atoms with E-state index in [0.717, 1.165) is 16.7 Å². The van der Waals surface area contributed by atoms with Gasteiger partial charge in [0.2, 0.25) is 0 Å². The van der Waals surface area contributed by atoms with Crippen LogP contribution in [0.3, 0.4) is 0 Å². The largest absolute Gasteiger partial charge is 0.508 e. The van der Waals surface area contributed by atoms with Gasteiger partial charge in [0.15, 0.2) is 0 Å². The highest BCUT2D eigenvalue weighted by Crippen LogP contribution is 2.30.